The summed E-state index contributed by atoms with van der Waals surface area (Å²) in [6.07, 6.45) is 1.90. The van der Waals surface area contributed by atoms with Crippen molar-refractivity contribution in [3.05, 3.63) is 22.6 Å². The number of nitrogens with one attached hydrogen (secondary N) is 1. The standard InChI is InChI=1S/C11H16BrNO2S/c1-2-13-10(9-7-16-6-5-14-9)11-8(12)3-4-15-11/h3-4,9-10,13H,2,5-7H2,1H3. The number of hydrogen-bond donors (Lipinski definition) is 1. The lowest BCUT2D eigenvalue weighted by Crippen LogP contribution is -2.38. The minimum atomic E-state index is 0.141. The van der Waals surface area contributed by atoms with Gasteiger partial charge in [0.2, 0.25) is 0 Å². The predicted molar refractivity (Wildman–Crippen MR) is 69.9 cm³/mol. The third-order valence-electron chi connectivity index (χ3n) is 2.56. The maximum Gasteiger partial charge on any atom is 0.137 e. The van der Waals surface area contributed by atoms with Gasteiger partial charge in [-0.1, -0.05) is 6.92 Å². The van der Waals surface area contributed by atoms with Gasteiger partial charge in [0, 0.05) is 11.5 Å². The fraction of sp³-hybridized carbons (Fsp3) is 0.636. The Morgan fingerprint density at radius 3 is 3.12 bits per heavy atom. The molecule has 1 saturated heterocycles. The molecule has 0 bridgehead atoms. The Hall–Kier alpha value is 0.0300. The zero-order valence-corrected chi connectivity index (χ0v) is 11.6. The Morgan fingerprint density at radius 2 is 2.56 bits per heavy atom. The lowest BCUT2D eigenvalue weighted by atomic mass is 10.1. The molecule has 1 aliphatic rings. The molecule has 0 aromatic carbocycles. The molecule has 2 unspecified atom stereocenters. The molecule has 1 aliphatic heterocycles. The van der Waals surface area contributed by atoms with E-state index in [-0.39, 0.29) is 12.1 Å². The molecule has 0 radical (unpaired) electrons. The van der Waals surface area contributed by atoms with Crippen molar-refractivity contribution in [2.45, 2.75) is 19.1 Å². The molecular formula is C11H16BrNO2S. The fourth-order valence-corrected chi connectivity index (χ4v) is 3.19. The summed E-state index contributed by atoms with van der Waals surface area (Å²) < 4.78 is 12.4. The van der Waals surface area contributed by atoms with Crippen LogP contribution in [0.1, 0.15) is 18.7 Å². The van der Waals surface area contributed by atoms with E-state index >= 15 is 0 Å². The number of thioether (sulfide) groups is 1. The Kier molecular flexibility index (Phi) is 4.76. The summed E-state index contributed by atoms with van der Waals surface area (Å²) in [5.41, 5.74) is 0. The van der Waals surface area contributed by atoms with Gasteiger partial charge in [-0.2, -0.15) is 11.8 Å². The van der Waals surface area contributed by atoms with Crippen molar-refractivity contribution >= 4 is 27.7 Å². The second-order valence-electron chi connectivity index (χ2n) is 3.65. The first-order chi connectivity index (χ1) is 7.83. The zero-order chi connectivity index (χ0) is 11.4. The van der Waals surface area contributed by atoms with E-state index in [0.29, 0.717) is 0 Å². The average molecular weight is 306 g/mol. The van der Waals surface area contributed by atoms with Crippen LogP contribution in [0.15, 0.2) is 21.2 Å². The number of ether oxygens (including phenoxy) is 1. The lowest BCUT2D eigenvalue weighted by Gasteiger charge is -2.29. The van der Waals surface area contributed by atoms with E-state index in [1.807, 2.05) is 17.8 Å². The number of furan rings is 1. The van der Waals surface area contributed by atoms with Crippen LogP contribution in [0.25, 0.3) is 0 Å². The summed E-state index contributed by atoms with van der Waals surface area (Å²) in [5.74, 6) is 3.05. The Labute approximate surface area is 108 Å². The highest BCUT2D eigenvalue weighted by Gasteiger charge is 2.29. The van der Waals surface area contributed by atoms with Crippen molar-refractivity contribution in [1.29, 1.82) is 0 Å². The van der Waals surface area contributed by atoms with Crippen LogP contribution < -0.4 is 5.32 Å². The summed E-state index contributed by atoms with van der Waals surface area (Å²) in [6.45, 7) is 3.83. The van der Waals surface area contributed by atoms with E-state index < -0.39 is 0 Å². The molecule has 5 heteroatoms. The van der Waals surface area contributed by atoms with E-state index in [1.165, 1.54) is 0 Å². The van der Waals surface area contributed by atoms with Crippen LogP contribution in [0.2, 0.25) is 0 Å². The highest BCUT2D eigenvalue weighted by atomic mass is 79.9. The maximum absolute atomic E-state index is 5.81. The van der Waals surface area contributed by atoms with Gasteiger partial charge in [0.25, 0.3) is 0 Å². The minimum absolute atomic E-state index is 0.141. The minimum Gasteiger partial charge on any atom is -0.466 e. The molecule has 0 saturated carbocycles. The van der Waals surface area contributed by atoms with E-state index in [4.69, 9.17) is 9.15 Å². The molecule has 2 heterocycles. The van der Waals surface area contributed by atoms with Gasteiger partial charge in [0.1, 0.15) is 5.76 Å². The highest BCUT2D eigenvalue weighted by molar-refractivity contribution is 9.10. The molecule has 0 aliphatic carbocycles. The second-order valence-corrected chi connectivity index (χ2v) is 5.66. The first-order valence-electron chi connectivity index (χ1n) is 5.48. The molecule has 2 rings (SSSR count). The van der Waals surface area contributed by atoms with E-state index in [9.17, 15) is 0 Å². The molecule has 2 atom stereocenters. The first-order valence-corrected chi connectivity index (χ1v) is 7.43. The molecule has 1 aromatic heterocycles. The summed E-state index contributed by atoms with van der Waals surface area (Å²) >= 11 is 5.45. The van der Waals surface area contributed by atoms with Crippen LogP contribution in [0.3, 0.4) is 0 Å². The number of hydrogen-bond acceptors (Lipinski definition) is 4. The fourth-order valence-electron chi connectivity index (χ4n) is 1.84. The van der Waals surface area contributed by atoms with Gasteiger partial charge in [0.15, 0.2) is 0 Å². The molecule has 1 fully saturated rings. The van der Waals surface area contributed by atoms with Crippen molar-refractivity contribution in [3.8, 4) is 0 Å². The van der Waals surface area contributed by atoms with Gasteiger partial charge in [0.05, 0.1) is 29.5 Å². The monoisotopic (exact) mass is 305 g/mol. The van der Waals surface area contributed by atoms with Crippen molar-refractivity contribution < 1.29 is 9.15 Å². The van der Waals surface area contributed by atoms with E-state index in [0.717, 1.165) is 34.9 Å². The zero-order valence-electron chi connectivity index (χ0n) is 9.24. The summed E-state index contributed by atoms with van der Waals surface area (Å²) in [4.78, 5) is 0. The molecule has 1 N–H and O–H groups in total. The van der Waals surface area contributed by atoms with Crippen molar-refractivity contribution in [2.75, 3.05) is 24.7 Å². The maximum atomic E-state index is 5.81. The van der Waals surface area contributed by atoms with Gasteiger partial charge in [-0.3, -0.25) is 0 Å². The number of halogens is 1. The molecule has 16 heavy (non-hydrogen) atoms. The molecule has 0 spiro atoms. The Balaban J connectivity index is 2.12. The number of likely N-dealkylation sites (N-methyl/N-ethyl adjacent to an activating group) is 1. The van der Waals surface area contributed by atoms with Crippen LogP contribution in [0.4, 0.5) is 0 Å². The van der Waals surface area contributed by atoms with Crippen LogP contribution in [-0.2, 0) is 4.74 Å². The summed E-state index contributed by atoms with van der Waals surface area (Å²) in [7, 11) is 0. The van der Waals surface area contributed by atoms with Crippen LogP contribution in [0.5, 0.6) is 0 Å². The molecule has 0 amide bonds. The smallest absolute Gasteiger partial charge is 0.137 e. The van der Waals surface area contributed by atoms with Crippen LogP contribution in [-0.4, -0.2) is 30.8 Å². The van der Waals surface area contributed by atoms with Crippen LogP contribution in [0, 0.1) is 0 Å². The molecular weight excluding hydrogens is 290 g/mol. The van der Waals surface area contributed by atoms with Gasteiger partial charge in [-0.25, -0.2) is 0 Å². The lowest BCUT2D eigenvalue weighted by molar-refractivity contribution is 0.0411. The summed E-state index contributed by atoms with van der Waals surface area (Å²) in [5, 5.41) is 3.43. The number of rotatable bonds is 4. The van der Waals surface area contributed by atoms with Gasteiger partial charge in [-0.05, 0) is 28.5 Å². The largest absolute Gasteiger partial charge is 0.466 e. The first kappa shape index (κ1) is 12.5. The topological polar surface area (TPSA) is 34.4 Å². The van der Waals surface area contributed by atoms with Gasteiger partial charge < -0.3 is 14.5 Å². The third-order valence-corrected chi connectivity index (χ3v) is 4.24. The average Bonchev–Trinajstić information content (AvgIpc) is 2.73. The Bertz CT molecular complexity index is 326. The van der Waals surface area contributed by atoms with Crippen molar-refractivity contribution in [3.63, 3.8) is 0 Å². The quantitative estimate of drug-likeness (QED) is 0.927. The SMILES string of the molecule is CCNC(c1occc1Br)C1CSCCO1. The van der Waals surface area contributed by atoms with E-state index in [1.54, 1.807) is 6.26 Å². The third kappa shape index (κ3) is 2.83. The van der Waals surface area contributed by atoms with Crippen LogP contribution >= 0.6 is 27.7 Å². The Morgan fingerprint density at radius 1 is 1.69 bits per heavy atom. The summed E-state index contributed by atoms with van der Waals surface area (Å²) in [6, 6.07) is 2.07. The highest BCUT2D eigenvalue weighted by Crippen LogP contribution is 2.31. The van der Waals surface area contributed by atoms with Crippen molar-refractivity contribution in [2.24, 2.45) is 0 Å². The molecule has 90 valence electrons. The second kappa shape index (κ2) is 6.10. The molecule has 3 nitrogen and oxygen atoms in total. The van der Waals surface area contributed by atoms with E-state index in [2.05, 4.69) is 28.2 Å². The van der Waals surface area contributed by atoms with Crippen molar-refractivity contribution in [1.82, 2.24) is 5.32 Å². The molecule has 1 aromatic rings. The van der Waals surface area contributed by atoms with Gasteiger partial charge >= 0.3 is 0 Å². The normalized spacial score (nSPS) is 23.2. The predicted octanol–water partition coefficient (Wildman–Crippen LogP) is 2.82. The van der Waals surface area contributed by atoms with Gasteiger partial charge in [-0.15, -0.1) is 0 Å².